The molecule has 2 aromatic carbocycles. The summed E-state index contributed by atoms with van der Waals surface area (Å²) in [7, 11) is 1.33. The fourth-order valence-corrected chi connectivity index (χ4v) is 2.20. The second-order valence-corrected chi connectivity index (χ2v) is 4.91. The summed E-state index contributed by atoms with van der Waals surface area (Å²) in [6.07, 6.45) is 1.34. The Labute approximate surface area is 133 Å². The standard InChI is InChI=1S/C17H14N2O4/c1-23-17(20)14-7-4-12(5-8-14)2-3-13-6-9-16(19(21)22)15(10-13)11-18/h4-10H,2-3H2,1H3. The second kappa shape index (κ2) is 7.18. The van der Waals surface area contributed by atoms with Gasteiger partial charge in [0.25, 0.3) is 5.69 Å². The van der Waals surface area contributed by atoms with E-state index in [9.17, 15) is 14.9 Å². The summed E-state index contributed by atoms with van der Waals surface area (Å²) < 4.78 is 4.64. The average molecular weight is 310 g/mol. The molecule has 0 unspecified atom stereocenters. The van der Waals surface area contributed by atoms with E-state index in [-0.39, 0.29) is 17.2 Å². The maximum atomic E-state index is 11.4. The predicted molar refractivity (Wildman–Crippen MR) is 83.0 cm³/mol. The van der Waals surface area contributed by atoms with Crippen molar-refractivity contribution in [3.63, 3.8) is 0 Å². The number of methoxy groups -OCH3 is 1. The molecule has 23 heavy (non-hydrogen) atoms. The number of hydrogen-bond acceptors (Lipinski definition) is 5. The lowest BCUT2D eigenvalue weighted by molar-refractivity contribution is -0.385. The van der Waals surface area contributed by atoms with Crippen LogP contribution in [0.1, 0.15) is 27.0 Å². The summed E-state index contributed by atoms with van der Waals surface area (Å²) in [5, 5.41) is 19.8. The Hall–Kier alpha value is -3.20. The molecule has 0 fully saturated rings. The molecular weight excluding hydrogens is 296 g/mol. The Bertz CT molecular complexity index is 776. The molecular formula is C17H14N2O4. The number of carbonyl (C=O) groups is 1. The molecule has 0 radical (unpaired) electrons. The number of nitrogens with zero attached hydrogens (tertiary/aromatic N) is 2. The molecule has 0 bridgehead atoms. The summed E-state index contributed by atoms with van der Waals surface area (Å²) >= 11 is 0. The number of nitriles is 1. The largest absolute Gasteiger partial charge is 0.465 e. The first-order valence-electron chi connectivity index (χ1n) is 6.90. The molecule has 0 saturated carbocycles. The highest BCUT2D eigenvalue weighted by atomic mass is 16.6. The Kier molecular flexibility index (Phi) is 5.05. The second-order valence-electron chi connectivity index (χ2n) is 4.91. The van der Waals surface area contributed by atoms with Crippen LogP contribution in [0, 0.1) is 21.4 Å². The molecule has 0 amide bonds. The van der Waals surface area contributed by atoms with Crippen LogP contribution in [0.4, 0.5) is 5.69 Å². The van der Waals surface area contributed by atoms with Crippen molar-refractivity contribution in [3.05, 3.63) is 74.8 Å². The average Bonchev–Trinajstić information content (AvgIpc) is 2.59. The van der Waals surface area contributed by atoms with Crippen LogP contribution in [0.2, 0.25) is 0 Å². The monoisotopic (exact) mass is 310 g/mol. The highest BCUT2D eigenvalue weighted by Gasteiger charge is 2.13. The number of nitro groups is 1. The van der Waals surface area contributed by atoms with Crippen molar-refractivity contribution in [2.24, 2.45) is 0 Å². The normalized spacial score (nSPS) is 9.91. The van der Waals surface area contributed by atoms with Crippen molar-refractivity contribution in [1.82, 2.24) is 0 Å². The van der Waals surface area contributed by atoms with E-state index in [1.54, 1.807) is 24.3 Å². The van der Waals surface area contributed by atoms with E-state index in [2.05, 4.69) is 4.74 Å². The highest BCUT2D eigenvalue weighted by molar-refractivity contribution is 5.89. The number of benzene rings is 2. The van der Waals surface area contributed by atoms with Crippen LogP contribution in [0.15, 0.2) is 42.5 Å². The van der Waals surface area contributed by atoms with Crippen LogP contribution in [-0.2, 0) is 17.6 Å². The Morgan fingerprint density at radius 1 is 1.17 bits per heavy atom. The van der Waals surface area contributed by atoms with Crippen molar-refractivity contribution in [1.29, 1.82) is 5.26 Å². The fourth-order valence-electron chi connectivity index (χ4n) is 2.20. The van der Waals surface area contributed by atoms with Gasteiger partial charge >= 0.3 is 5.97 Å². The van der Waals surface area contributed by atoms with E-state index in [1.165, 1.54) is 13.2 Å². The number of carbonyl (C=O) groups excluding carboxylic acids is 1. The molecule has 2 aromatic rings. The zero-order valence-corrected chi connectivity index (χ0v) is 12.5. The number of esters is 1. The van der Waals surface area contributed by atoms with Crippen LogP contribution in [-0.4, -0.2) is 18.0 Å². The molecule has 0 spiro atoms. The minimum Gasteiger partial charge on any atom is -0.465 e. The van der Waals surface area contributed by atoms with Crippen LogP contribution >= 0.6 is 0 Å². The summed E-state index contributed by atoms with van der Waals surface area (Å²) in [5.41, 5.74) is 2.24. The predicted octanol–water partition coefficient (Wildman–Crippen LogP) is 3.04. The van der Waals surface area contributed by atoms with Gasteiger partial charge in [-0.1, -0.05) is 18.2 Å². The van der Waals surface area contributed by atoms with Crippen LogP contribution in [0.5, 0.6) is 0 Å². The molecule has 0 heterocycles. The van der Waals surface area contributed by atoms with Crippen LogP contribution in [0.3, 0.4) is 0 Å². The minimum absolute atomic E-state index is 0.0635. The van der Waals surface area contributed by atoms with E-state index in [0.717, 1.165) is 11.1 Å². The molecule has 0 aliphatic rings. The lowest BCUT2D eigenvalue weighted by atomic mass is 10.0. The third kappa shape index (κ3) is 3.92. The van der Waals surface area contributed by atoms with E-state index < -0.39 is 4.92 Å². The summed E-state index contributed by atoms with van der Waals surface area (Å²) in [6, 6.07) is 13.5. The smallest absolute Gasteiger partial charge is 0.337 e. The van der Waals surface area contributed by atoms with E-state index >= 15 is 0 Å². The van der Waals surface area contributed by atoms with Gasteiger partial charge in [0, 0.05) is 6.07 Å². The molecule has 6 heteroatoms. The van der Waals surface area contributed by atoms with Gasteiger partial charge in [0.2, 0.25) is 0 Å². The minimum atomic E-state index is -0.562. The Morgan fingerprint density at radius 2 is 1.78 bits per heavy atom. The van der Waals surface area contributed by atoms with Crippen molar-refractivity contribution >= 4 is 11.7 Å². The Balaban J connectivity index is 2.08. The lowest BCUT2D eigenvalue weighted by Crippen LogP contribution is -2.01. The van der Waals surface area contributed by atoms with Gasteiger partial charge in [-0.3, -0.25) is 10.1 Å². The molecule has 0 N–H and O–H groups in total. The van der Waals surface area contributed by atoms with E-state index in [0.29, 0.717) is 18.4 Å². The van der Waals surface area contributed by atoms with Crippen molar-refractivity contribution in [2.75, 3.05) is 7.11 Å². The number of nitro benzene ring substituents is 1. The first kappa shape index (κ1) is 16.2. The van der Waals surface area contributed by atoms with E-state index in [4.69, 9.17) is 5.26 Å². The van der Waals surface area contributed by atoms with Crippen molar-refractivity contribution in [2.45, 2.75) is 12.8 Å². The topological polar surface area (TPSA) is 93.2 Å². The molecule has 0 aliphatic heterocycles. The van der Waals surface area contributed by atoms with Crippen molar-refractivity contribution < 1.29 is 14.5 Å². The molecule has 6 nitrogen and oxygen atoms in total. The molecule has 0 saturated heterocycles. The van der Waals surface area contributed by atoms with Gasteiger partial charge in [0.1, 0.15) is 11.6 Å². The summed E-state index contributed by atoms with van der Waals surface area (Å²) in [6.45, 7) is 0. The molecule has 0 aliphatic carbocycles. The Morgan fingerprint density at radius 3 is 2.35 bits per heavy atom. The van der Waals surface area contributed by atoms with Crippen LogP contribution in [0.25, 0.3) is 0 Å². The lowest BCUT2D eigenvalue weighted by Gasteiger charge is -2.04. The first-order chi connectivity index (χ1) is 11.0. The maximum Gasteiger partial charge on any atom is 0.337 e. The van der Waals surface area contributed by atoms with Gasteiger partial charge in [0.05, 0.1) is 17.6 Å². The third-order valence-corrected chi connectivity index (χ3v) is 3.46. The van der Waals surface area contributed by atoms with Gasteiger partial charge in [0.15, 0.2) is 0 Å². The molecule has 2 rings (SSSR count). The first-order valence-corrected chi connectivity index (χ1v) is 6.90. The van der Waals surface area contributed by atoms with Gasteiger partial charge in [-0.15, -0.1) is 0 Å². The maximum absolute atomic E-state index is 11.4. The van der Waals surface area contributed by atoms with Gasteiger partial charge < -0.3 is 4.74 Å². The third-order valence-electron chi connectivity index (χ3n) is 3.46. The number of rotatable bonds is 5. The number of ether oxygens (including phenoxy) is 1. The van der Waals surface area contributed by atoms with Gasteiger partial charge in [-0.2, -0.15) is 5.26 Å². The summed E-state index contributed by atoms with van der Waals surface area (Å²) in [4.78, 5) is 21.6. The van der Waals surface area contributed by atoms with E-state index in [1.807, 2.05) is 18.2 Å². The van der Waals surface area contributed by atoms with Crippen molar-refractivity contribution in [3.8, 4) is 6.07 Å². The number of aryl methyl sites for hydroxylation is 2. The van der Waals surface area contributed by atoms with Crippen LogP contribution < -0.4 is 0 Å². The SMILES string of the molecule is COC(=O)c1ccc(CCc2ccc([N+](=O)[O-])c(C#N)c2)cc1. The van der Waals surface area contributed by atoms with Gasteiger partial charge in [-0.05, 0) is 42.2 Å². The number of hydrogen-bond donors (Lipinski definition) is 0. The highest BCUT2D eigenvalue weighted by Crippen LogP contribution is 2.20. The fraction of sp³-hybridized carbons (Fsp3) is 0.176. The van der Waals surface area contributed by atoms with Gasteiger partial charge in [-0.25, -0.2) is 4.79 Å². The quantitative estimate of drug-likeness (QED) is 0.480. The zero-order chi connectivity index (χ0) is 16.8. The molecule has 0 atom stereocenters. The zero-order valence-electron chi connectivity index (χ0n) is 12.5. The molecule has 116 valence electrons. The summed E-state index contributed by atoms with van der Waals surface area (Å²) in [5.74, 6) is -0.384. The molecule has 0 aromatic heterocycles.